The SMILES string of the molecule is COc1ccc(C)cc1-c1ncc[nH]c1=O. The number of nitrogens with zero attached hydrogens (tertiary/aromatic N) is 1. The maximum Gasteiger partial charge on any atom is 0.274 e. The fourth-order valence-electron chi connectivity index (χ4n) is 1.55. The van der Waals surface area contributed by atoms with Crippen molar-refractivity contribution < 1.29 is 4.74 Å². The van der Waals surface area contributed by atoms with E-state index in [2.05, 4.69) is 9.97 Å². The summed E-state index contributed by atoms with van der Waals surface area (Å²) in [5, 5.41) is 0. The van der Waals surface area contributed by atoms with Crippen LogP contribution in [0.5, 0.6) is 5.75 Å². The molecule has 0 aliphatic rings. The highest BCUT2D eigenvalue weighted by atomic mass is 16.5. The average Bonchev–Trinajstić information content (AvgIpc) is 2.29. The van der Waals surface area contributed by atoms with Gasteiger partial charge in [-0.25, -0.2) is 4.98 Å². The van der Waals surface area contributed by atoms with Crippen molar-refractivity contribution in [2.24, 2.45) is 0 Å². The standard InChI is InChI=1S/C12H12N2O2/c1-8-3-4-10(16-2)9(7-8)11-12(15)14-6-5-13-11/h3-7H,1-2H3,(H,14,15). The van der Waals surface area contributed by atoms with Crippen molar-refractivity contribution in [3.63, 3.8) is 0 Å². The van der Waals surface area contributed by atoms with Crippen LogP contribution in [-0.4, -0.2) is 17.1 Å². The van der Waals surface area contributed by atoms with Crippen molar-refractivity contribution in [2.45, 2.75) is 6.92 Å². The van der Waals surface area contributed by atoms with Gasteiger partial charge in [-0.05, 0) is 19.1 Å². The molecule has 2 rings (SSSR count). The largest absolute Gasteiger partial charge is 0.496 e. The maximum atomic E-state index is 11.6. The average molecular weight is 216 g/mol. The van der Waals surface area contributed by atoms with Gasteiger partial charge in [0.2, 0.25) is 0 Å². The Morgan fingerprint density at radius 3 is 2.88 bits per heavy atom. The van der Waals surface area contributed by atoms with Gasteiger partial charge in [-0.15, -0.1) is 0 Å². The first-order valence-corrected chi connectivity index (χ1v) is 4.91. The Bertz CT molecular complexity index is 561. The van der Waals surface area contributed by atoms with E-state index in [1.54, 1.807) is 13.3 Å². The molecule has 0 aliphatic carbocycles. The van der Waals surface area contributed by atoms with E-state index >= 15 is 0 Å². The van der Waals surface area contributed by atoms with Gasteiger partial charge in [-0.1, -0.05) is 11.6 Å². The first-order valence-electron chi connectivity index (χ1n) is 4.91. The number of aromatic amines is 1. The summed E-state index contributed by atoms with van der Waals surface area (Å²) < 4.78 is 5.22. The number of aromatic nitrogens is 2. The fourth-order valence-corrected chi connectivity index (χ4v) is 1.55. The summed E-state index contributed by atoms with van der Waals surface area (Å²) in [6, 6.07) is 5.65. The van der Waals surface area contributed by atoms with Crippen LogP contribution in [0.15, 0.2) is 35.4 Å². The highest BCUT2D eigenvalue weighted by Crippen LogP contribution is 2.26. The summed E-state index contributed by atoms with van der Waals surface area (Å²) >= 11 is 0. The molecule has 4 nitrogen and oxygen atoms in total. The molecule has 0 radical (unpaired) electrons. The monoisotopic (exact) mass is 216 g/mol. The lowest BCUT2D eigenvalue weighted by Crippen LogP contribution is -2.10. The first-order chi connectivity index (χ1) is 7.72. The summed E-state index contributed by atoms with van der Waals surface area (Å²) in [4.78, 5) is 18.3. The fraction of sp³-hybridized carbons (Fsp3) is 0.167. The molecule has 0 unspecified atom stereocenters. The quantitative estimate of drug-likeness (QED) is 0.832. The Morgan fingerprint density at radius 2 is 2.19 bits per heavy atom. The zero-order valence-corrected chi connectivity index (χ0v) is 9.15. The van der Waals surface area contributed by atoms with Gasteiger partial charge in [-0.2, -0.15) is 0 Å². The second kappa shape index (κ2) is 4.18. The van der Waals surface area contributed by atoms with Crippen LogP contribution < -0.4 is 10.3 Å². The number of hydrogen-bond acceptors (Lipinski definition) is 3. The van der Waals surface area contributed by atoms with E-state index in [0.29, 0.717) is 17.0 Å². The van der Waals surface area contributed by atoms with Crippen LogP contribution >= 0.6 is 0 Å². The molecule has 1 N–H and O–H groups in total. The highest BCUT2D eigenvalue weighted by Gasteiger charge is 2.10. The van der Waals surface area contributed by atoms with Crippen LogP contribution in [0.25, 0.3) is 11.3 Å². The van der Waals surface area contributed by atoms with Crippen molar-refractivity contribution in [3.8, 4) is 17.0 Å². The molecule has 0 bridgehead atoms. The Labute approximate surface area is 92.9 Å². The lowest BCUT2D eigenvalue weighted by atomic mass is 10.1. The molecule has 1 aromatic heterocycles. The van der Waals surface area contributed by atoms with Crippen molar-refractivity contribution in [1.29, 1.82) is 0 Å². The third-order valence-corrected chi connectivity index (χ3v) is 2.32. The number of methoxy groups -OCH3 is 1. The van der Waals surface area contributed by atoms with Crippen molar-refractivity contribution in [3.05, 3.63) is 46.5 Å². The molecule has 0 amide bonds. The molecule has 0 saturated heterocycles. The molecule has 2 aromatic rings. The van der Waals surface area contributed by atoms with E-state index in [-0.39, 0.29) is 5.56 Å². The maximum absolute atomic E-state index is 11.6. The summed E-state index contributed by atoms with van der Waals surface area (Å²) in [6.45, 7) is 1.96. The zero-order chi connectivity index (χ0) is 11.5. The third-order valence-electron chi connectivity index (χ3n) is 2.32. The van der Waals surface area contributed by atoms with E-state index in [4.69, 9.17) is 4.74 Å². The molecular formula is C12H12N2O2. The number of ether oxygens (including phenoxy) is 1. The molecule has 16 heavy (non-hydrogen) atoms. The molecule has 4 heteroatoms. The summed E-state index contributed by atoms with van der Waals surface area (Å²) in [5.41, 5.74) is 1.93. The first kappa shape index (κ1) is 10.4. The molecule has 0 atom stereocenters. The van der Waals surface area contributed by atoms with Crippen molar-refractivity contribution >= 4 is 0 Å². The lowest BCUT2D eigenvalue weighted by Gasteiger charge is -2.07. The number of H-pyrrole nitrogens is 1. The van der Waals surface area contributed by atoms with Gasteiger partial charge >= 0.3 is 0 Å². The minimum absolute atomic E-state index is 0.216. The minimum Gasteiger partial charge on any atom is -0.496 e. The van der Waals surface area contributed by atoms with Gasteiger partial charge < -0.3 is 9.72 Å². The number of rotatable bonds is 2. The Hall–Kier alpha value is -2.10. The van der Waals surface area contributed by atoms with Gasteiger partial charge in [-0.3, -0.25) is 4.79 Å². The van der Waals surface area contributed by atoms with Gasteiger partial charge in [0.25, 0.3) is 5.56 Å². The minimum atomic E-state index is -0.216. The molecule has 82 valence electrons. The second-order valence-corrected chi connectivity index (χ2v) is 3.47. The highest BCUT2D eigenvalue weighted by molar-refractivity contribution is 5.67. The van der Waals surface area contributed by atoms with Gasteiger partial charge in [0.05, 0.1) is 7.11 Å². The normalized spacial score (nSPS) is 10.1. The van der Waals surface area contributed by atoms with Gasteiger partial charge in [0.15, 0.2) is 0 Å². The third kappa shape index (κ3) is 1.82. The van der Waals surface area contributed by atoms with Crippen LogP contribution in [0.3, 0.4) is 0 Å². The van der Waals surface area contributed by atoms with Crippen molar-refractivity contribution in [1.82, 2.24) is 9.97 Å². The molecule has 1 heterocycles. The van der Waals surface area contributed by atoms with Crippen LogP contribution in [0.1, 0.15) is 5.56 Å². The van der Waals surface area contributed by atoms with Crippen LogP contribution in [0, 0.1) is 6.92 Å². The number of benzene rings is 1. The smallest absolute Gasteiger partial charge is 0.274 e. The molecule has 0 fully saturated rings. The summed E-state index contributed by atoms with van der Waals surface area (Å²) in [6.07, 6.45) is 3.06. The molecule has 0 aliphatic heterocycles. The Balaban J connectivity index is 2.68. The van der Waals surface area contributed by atoms with Crippen LogP contribution in [0.2, 0.25) is 0 Å². The van der Waals surface area contributed by atoms with E-state index in [0.717, 1.165) is 5.56 Å². The van der Waals surface area contributed by atoms with E-state index < -0.39 is 0 Å². The number of hydrogen-bond donors (Lipinski definition) is 1. The molecule has 0 saturated carbocycles. The second-order valence-electron chi connectivity index (χ2n) is 3.47. The lowest BCUT2D eigenvalue weighted by molar-refractivity contribution is 0.416. The van der Waals surface area contributed by atoms with E-state index in [1.807, 2.05) is 25.1 Å². The number of nitrogens with one attached hydrogen (secondary N) is 1. The number of aryl methyl sites for hydroxylation is 1. The molecular weight excluding hydrogens is 204 g/mol. The summed E-state index contributed by atoms with van der Waals surface area (Å²) in [5.74, 6) is 0.648. The van der Waals surface area contributed by atoms with Crippen LogP contribution in [0.4, 0.5) is 0 Å². The van der Waals surface area contributed by atoms with E-state index in [9.17, 15) is 4.79 Å². The summed E-state index contributed by atoms with van der Waals surface area (Å²) in [7, 11) is 1.57. The molecule has 0 spiro atoms. The predicted molar refractivity (Wildman–Crippen MR) is 61.6 cm³/mol. The zero-order valence-electron chi connectivity index (χ0n) is 9.15. The molecule has 1 aromatic carbocycles. The topological polar surface area (TPSA) is 55.0 Å². The Morgan fingerprint density at radius 1 is 1.38 bits per heavy atom. The van der Waals surface area contributed by atoms with Crippen LogP contribution in [-0.2, 0) is 0 Å². The van der Waals surface area contributed by atoms with Gasteiger partial charge in [0.1, 0.15) is 11.4 Å². The van der Waals surface area contributed by atoms with Crippen molar-refractivity contribution in [2.75, 3.05) is 7.11 Å². The van der Waals surface area contributed by atoms with E-state index in [1.165, 1.54) is 6.20 Å². The van der Waals surface area contributed by atoms with Gasteiger partial charge in [0, 0.05) is 18.0 Å². The Kier molecular flexibility index (Phi) is 2.72. The predicted octanol–water partition coefficient (Wildman–Crippen LogP) is 1.75.